The molecule has 0 amide bonds. The first-order valence-corrected chi connectivity index (χ1v) is 10.7. The van der Waals surface area contributed by atoms with E-state index in [1.807, 2.05) is 6.08 Å². The summed E-state index contributed by atoms with van der Waals surface area (Å²) in [4.78, 5) is 0. The van der Waals surface area contributed by atoms with Crippen LogP contribution in [0.15, 0.2) is 78.9 Å². The van der Waals surface area contributed by atoms with E-state index in [1.54, 1.807) is 66.7 Å². The van der Waals surface area contributed by atoms with E-state index in [0.29, 0.717) is 16.7 Å². The van der Waals surface area contributed by atoms with Gasteiger partial charge in [0.25, 0.3) is 0 Å². The van der Waals surface area contributed by atoms with Gasteiger partial charge < -0.3 is 30.6 Å². The molecule has 0 bridgehead atoms. The Morgan fingerprint density at radius 2 is 1.06 bits per heavy atom. The fourth-order valence-electron chi connectivity index (χ4n) is 4.83. The third-order valence-electron chi connectivity index (χ3n) is 6.18. The number of hydrogen-bond acceptors (Lipinski definition) is 6. The van der Waals surface area contributed by atoms with Crippen molar-refractivity contribution in [2.24, 2.45) is 0 Å². The number of phenols is 6. The average Bonchev–Trinajstić information content (AvgIpc) is 3.09. The Morgan fingerprint density at radius 3 is 1.68 bits per heavy atom. The molecule has 0 heterocycles. The molecule has 0 saturated heterocycles. The van der Waals surface area contributed by atoms with Crippen LogP contribution < -0.4 is 0 Å². The minimum Gasteiger partial charge on any atom is -0.508 e. The number of aromatic hydroxyl groups is 6. The van der Waals surface area contributed by atoms with E-state index in [9.17, 15) is 30.6 Å². The van der Waals surface area contributed by atoms with Gasteiger partial charge in [-0.1, -0.05) is 30.3 Å². The molecule has 170 valence electrons. The van der Waals surface area contributed by atoms with E-state index in [4.69, 9.17) is 0 Å². The van der Waals surface area contributed by atoms with Gasteiger partial charge in [0.05, 0.1) is 0 Å². The number of phenolic OH excluding ortho intramolecular Hbond substituents is 6. The number of fused-ring (bicyclic) bond motifs is 1. The van der Waals surface area contributed by atoms with Gasteiger partial charge >= 0.3 is 0 Å². The first-order chi connectivity index (χ1) is 16.3. The molecule has 0 spiro atoms. The van der Waals surface area contributed by atoms with Crippen molar-refractivity contribution in [3.63, 3.8) is 0 Å². The second-order valence-electron chi connectivity index (χ2n) is 8.45. The molecule has 1 aliphatic carbocycles. The minimum absolute atomic E-state index is 0.0865. The van der Waals surface area contributed by atoms with Crippen molar-refractivity contribution in [1.82, 2.24) is 0 Å². The highest BCUT2D eigenvalue weighted by Gasteiger charge is 2.41. The smallest absolute Gasteiger partial charge is 0.123 e. The highest BCUT2D eigenvalue weighted by molar-refractivity contribution is 5.93. The molecule has 34 heavy (non-hydrogen) atoms. The van der Waals surface area contributed by atoms with Gasteiger partial charge in [0.1, 0.15) is 34.5 Å². The monoisotopic (exact) mass is 454 g/mol. The first-order valence-electron chi connectivity index (χ1n) is 10.7. The molecule has 6 heteroatoms. The van der Waals surface area contributed by atoms with Gasteiger partial charge in [0.15, 0.2) is 0 Å². The van der Waals surface area contributed by atoms with Crippen molar-refractivity contribution < 1.29 is 30.6 Å². The van der Waals surface area contributed by atoms with Crippen molar-refractivity contribution >= 4 is 11.6 Å². The lowest BCUT2D eigenvalue weighted by Crippen LogP contribution is -2.08. The summed E-state index contributed by atoms with van der Waals surface area (Å²) in [5.74, 6) is -1.07. The van der Waals surface area contributed by atoms with Crippen LogP contribution in [-0.4, -0.2) is 30.6 Å². The fraction of sp³-hybridized carbons (Fsp3) is 0.0714. The van der Waals surface area contributed by atoms with Gasteiger partial charge in [-0.2, -0.15) is 0 Å². The summed E-state index contributed by atoms with van der Waals surface area (Å²) in [7, 11) is 0. The predicted molar refractivity (Wildman–Crippen MR) is 128 cm³/mol. The fourth-order valence-corrected chi connectivity index (χ4v) is 4.83. The van der Waals surface area contributed by atoms with Crippen LogP contribution in [0.2, 0.25) is 0 Å². The molecule has 4 aromatic carbocycles. The second-order valence-corrected chi connectivity index (χ2v) is 8.45. The molecule has 1 aliphatic rings. The van der Waals surface area contributed by atoms with E-state index in [0.717, 1.165) is 16.7 Å². The minimum atomic E-state index is -0.459. The maximum Gasteiger partial charge on any atom is 0.123 e. The molecule has 0 saturated carbocycles. The summed E-state index contributed by atoms with van der Waals surface area (Å²) >= 11 is 0. The van der Waals surface area contributed by atoms with E-state index < -0.39 is 11.8 Å². The van der Waals surface area contributed by atoms with Crippen molar-refractivity contribution in [3.8, 4) is 34.5 Å². The van der Waals surface area contributed by atoms with Crippen LogP contribution in [0, 0.1) is 0 Å². The zero-order valence-electron chi connectivity index (χ0n) is 17.9. The highest BCUT2D eigenvalue weighted by Crippen LogP contribution is 2.58. The number of hydrogen-bond donors (Lipinski definition) is 6. The Bertz CT molecular complexity index is 1380. The molecule has 0 unspecified atom stereocenters. The summed E-state index contributed by atoms with van der Waals surface area (Å²) in [6.07, 6.45) is 1.89. The molecule has 6 N–H and O–H groups in total. The predicted octanol–water partition coefficient (Wildman–Crippen LogP) is 5.39. The Morgan fingerprint density at radius 1 is 0.500 bits per heavy atom. The van der Waals surface area contributed by atoms with Gasteiger partial charge in [0.2, 0.25) is 0 Å². The zero-order chi connectivity index (χ0) is 24.0. The second kappa shape index (κ2) is 8.08. The van der Waals surface area contributed by atoms with Gasteiger partial charge in [-0.25, -0.2) is 0 Å². The van der Waals surface area contributed by atoms with Crippen LogP contribution in [0.3, 0.4) is 0 Å². The number of rotatable bonds is 3. The van der Waals surface area contributed by atoms with Gasteiger partial charge in [-0.3, -0.25) is 0 Å². The Kier molecular flexibility index (Phi) is 5.06. The van der Waals surface area contributed by atoms with Crippen LogP contribution in [-0.2, 0) is 0 Å². The van der Waals surface area contributed by atoms with E-state index >= 15 is 0 Å². The Balaban J connectivity index is 1.82. The number of allylic oxidation sites excluding steroid dienone is 1. The molecule has 6 nitrogen and oxygen atoms in total. The van der Waals surface area contributed by atoms with Crippen LogP contribution in [0.5, 0.6) is 34.5 Å². The van der Waals surface area contributed by atoms with E-state index in [1.165, 1.54) is 12.1 Å². The van der Waals surface area contributed by atoms with Gasteiger partial charge in [-0.05, 0) is 70.3 Å². The van der Waals surface area contributed by atoms with Gasteiger partial charge in [-0.15, -0.1) is 0 Å². The third kappa shape index (κ3) is 3.75. The largest absolute Gasteiger partial charge is 0.508 e. The van der Waals surface area contributed by atoms with Crippen LogP contribution in [0.1, 0.15) is 39.7 Å². The molecule has 0 fully saturated rings. The molecule has 5 rings (SSSR count). The average molecular weight is 454 g/mol. The highest BCUT2D eigenvalue weighted by atomic mass is 16.3. The van der Waals surface area contributed by atoms with Crippen molar-refractivity contribution in [2.45, 2.75) is 11.8 Å². The topological polar surface area (TPSA) is 121 Å². The third-order valence-corrected chi connectivity index (χ3v) is 6.18. The summed E-state index contributed by atoms with van der Waals surface area (Å²) in [5, 5.41) is 61.2. The van der Waals surface area contributed by atoms with E-state index in [2.05, 4.69) is 0 Å². The summed E-state index contributed by atoms with van der Waals surface area (Å²) < 4.78 is 0. The first kappa shape index (κ1) is 21.3. The molecule has 0 aliphatic heterocycles. The van der Waals surface area contributed by atoms with Crippen molar-refractivity contribution in [1.29, 1.82) is 0 Å². The number of benzene rings is 4. The molecule has 2 atom stereocenters. The molecule has 4 aromatic rings. The lowest BCUT2D eigenvalue weighted by atomic mass is 9.79. The van der Waals surface area contributed by atoms with Crippen LogP contribution >= 0.6 is 0 Å². The summed E-state index contributed by atoms with van der Waals surface area (Å²) in [6.45, 7) is 0. The lowest BCUT2D eigenvalue weighted by Gasteiger charge is -2.23. The zero-order valence-corrected chi connectivity index (χ0v) is 17.9. The summed E-state index contributed by atoms with van der Waals surface area (Å²) in [5.41, 5.74) is 4.13. The molecule has 0 radical (unpaired) electrons. The molecule has 0 aromatic heterocycles. The lowest BCUT2D eigenvalue weighted by molar-refractivity contribution is 0.444. The normalized spacial score (nSPS) is 18.2. The molecular formula is C28H22O6. The Labute approximate surface area is 195 Å². The maximum atomic E-state index is 10.9. The SMILES string of the molecule is Oc1ccc(/C=C2\c3cc(O)cc(O)c3[C@H](c3ccc(O)cc3)[C@H]2c2cc(O)cc(O)c2)cc1. The quantitative estimate of drug-likeness (QED) is 0.247. The summed E-state index contributed by atoms with van der Waals surface area (Å²) in [6, 6.07) is 20.5. The Hall–Kier alpha value is -4.58. The van der Waals surface area contributed by atoms with E-state index in [-0.39, 0.29) is 34.5 Å². The van der Waals surface area contributed by atoms with Crippen molar-refractivity contribution in [2.75, 3.05) is 0 Å². The standard InChI is InChI=1S/C28H22O6/c29-18-5-1-15(2-6-18)9-23-24-13-22(33)14-25(34)28(24)27(16-3-7-19(30)8-4-16)26(23)17-10-20(31)12-21(32)11-17/h1-14,26-27,29-34H/b23-9+/t26-,27+/m0/s1. The molecular weight excluding hydrogens is 432 g/mol. The van der Waals surface area contributed by atoms with Gasteiger partial charge in [0, 0.05) is 29.5 Å². The van der Waals surface area contributed by atoms with Crippen molar-refractivity contribution in [3.05, 3.63) is 107 Å². The van der Waals surface area contributed by atoms with Crippen LogP contribution in [0.25, 0.3) is 11.6 Å². The van der Waals surface area contributed by atoms with Crippen LogP contribution in [0.4, 0.5) is 0 Å². The maximum absolute atomic E-state index is 10.9.